The molecule has 0 N–H and O–H groups in total. The number of aromatic nitrogens is 2. The Hall–Kier alpha value is -2.84. The summed E-state index contributed by atoms with van der Waals surface area (Å²) in [7, 11) is 3.16. The van der Waals surface area contributed by atoms with Crippen molar-refractivity contribution in [3.05, 3.63) is 59.9 Å². The van der Waals surface area contributed by atoms with Crippen LogP contribution < -0.4 is 9.64 Å². The minimum absolute atomic E-state index is 0.288. The SMILES string of the molecule is COCCN(C(=O)c1ccc(F)cc1)c1nnc(-c2ccc(OC)cc2)s1. The number of anilines is 1. The van der Waals surface area contributed by atoms with Crippen LogP contribution in [0, 0.1) is 5.82 Å². The number of hydrogen-bond acceptors (Lipinski definition) is 6. The van der Waals surface area contributed by atoms with Crippen LogP contribution in [0.15, 0.2) is 48.5 Å². The zero-order valence-corrected chi connectivity index (χ0v) is 15.7. The van der Waals surface area contributed by atoms with E-state index in [1.165, 1.54) is 40.5 Å². The van der Waals surface area contributed by atoms with Crippen molar-refractivity contribution in [2.24, 2.45) is 0 Å². The zero-order chi connectivity index (χ0) is 19.2. The van der Waals surface area contributed by atoms with E-state index in [2.05, 4.69) is 10.2 Å². The van der Waals surface area contributed by atoms with Crippen molar-refractivity contribution in [3.8, 4) is 16.3 Å². The first-order valence-electron chi connectivity index (χ1n) is 8.16. The maximum Gasteiger partial charge on any atom is 0.260 e. The topological polar surface area (TPSA) is 64.5 Å². The Morgan fingerprint density at radius 1 is 1.07 bits per heavy atom. The molecule has 0 unspecified atom stereocenters. The number of halogens is 1. The van der Waals surface area contributed by atoms with Gasteiger partial charge in [0.15, 0.2) is 0 Å². The van der Waals surface area contributed by atoms with Gasteiger partial charge in [-0.15, -0.1) is 10.2 Å². The lowest BCUT2D eigenvalue weighted by Gasteiger charge is -2.18. The van der Waals surface area contributed by atoms with Crippen molar-refractivity contribution in [1.29, 1.82) is 0 Å². The predicted octanol–water partition coefficient (Wildman–Crippen LogP) is 3.65. The highest BCUT2D eigenvalue weighted by molar-refractivity contribution is 7.18. The van der Waals surface area contributed by atoms with Crippen molar-refractivity contribution in [2.45, 2.75) is 0 Å². The highest BCUT2D eigenvalue weighted by Gasteiger charge is 2.22. The third kappa shape index (κ3) is 4.47. The summed E-state index contributed by atoms with van der Waals surface area (Å²) < 4.78 is 23.4. The quantitative estimate of drug-likeness (QED) is 0.619. The summed E-state index contributed by atoms with van der Waals surface area (Å²) in [5.41, 5.74) is 1.24. The molecule has 0 bridgehead atoms. The van der Waals surface area contributed by atoms with E-state index in [0.717, 1.165) is 11.3 Å². The number of carbonyl (C=O) groups excluding carboxylic acids is 1. The lowest BCUT2D eigenvalue weighted by Crippen LogP contribution is -2.33. The second-order valence-corrected chi connectivity index (χ2v) is 6.53. The normalized spacial score (nSPS) is 10.6. The number of nitrogens with zero attached hydrogens (tertiary/aromatic N) is 3. The fraction of sp³-hybridized carbons (Fsp3) is 0.211. The van der Waals surface area contributed by atoms with Gasteiger partial charge in [0.05, 0.1) is 20.3 Å². The summed E-state index contributed by atoms with van der Waals surface area (Å²) >= 11 is 1.30. The molecular weight excluding hydrogens is 369 g/mol. The number of rotatable bonds is 7. The van der Waals surface area contributed by atoms with Crippen LogP contribution >= 0.6 is 11.3 Å². The average molecular weight is 387 g/mol. The fourth-order valence-electron chi connectivity index (χ4n) is 2.39. The molecule has 140 valence electrons. The number of hydrogen-bond donors (Lipinski definition) is 0. The highest BCUT2D eigenvalue weighted by atomic mass is 32.1. The van der Waals surface area contributed by atoms with Gasteiger partial charge in [-0.3, -0.25) is 9.69 Å². The number of carbonyl (C=O) groups is 1. The first-order valence-corrected chi connectivity index (χ1v) is 8.98. The summed E-state index contributed by atoms with van der Waals surface area (Å²) in [4.78, 5) is 14.3. The lowest BCUT2D eigenvalue weighted by atomic mass is 10.2. The largest absolute Gasteiger partial charge is 0.497 e. The van der Waals surface area contributed by atoms with Crippen LogP contribution in [0.5, 0.6) is 5.75 Å². The molecule has 6 nitrogen and oxygen atoms in total. The van der Waals surface area contributed by atoms with Crippen molar-refractivity contribution >= 4 is 22.4 Å². The van der Waals surface area contributed by atoms with Crippen LogP contribution in [-0.4, -0.2) is 43.5 Å². The van der Waals surface area contributed by atoms with Crippen LogP contribution in [0.4, 0.5) is 9.52 Å². The van der Waals surface area contributed by atoms with E-state index in [1.54, 1.807) is 14.2 Å². The van der Waals surface area contributed by atoms with Gasteiger partial charge in [0.2, 0.25) is 5.13 Å². The smallest absolute Gasteiger partial charge is 0.260 e. The number of methoxy groups -OCH3 is 2. The molecule has 2 aromatic carbocycles. The Bertz CT molecular complexity index is 897. The second kappa shape index (κ2) is 8.70. The molecule has 0 atom stereocenters. The van der Waals surface area contributed by atoms with Gasteiger partial charge in [-0.2, -0.15) is 0 Å². The molecule has 1 heterocycles. The van der Waals surface area contributed by atoms with Gasteiger partial charge in [-0.05, 0) is 48.5 Å². The third-order valence-electron chi connectivity index (χ3n) is 3.84. The molecular formula is C19H18FN3O3S. The van der Waals surface area contributed by atoms with Crippen LogP contribution in [0.25, 0.3) is 10.6 Å². The lowest BCUT2D eigenvalue weighted by molar-refractivity contribution is 0.0975. The fourth-order valence-corrected chi connectivity index (χ4v) is 3.26. The summed E-state index contributed by atoms with van der Waals surface area (Å²) in [5, 5.41) is 9.49. The minimum Gasteiger partial charge on any atom is -0.497 e. The number of benzene rings is 2. The molecule has 0 fully saturated rings. The van der Waals surface area contributed by atoms with Gasteiger partial charge in [-0.1, -0.05) is 11.3 Å². The molecule has 0 saturated heterocycles. The number of ether oxygens (including phenoxy) is 2. The van der Waals surface area contributed by atoms with Crippen LogP contribution in [0.3, 0.4) is 0 Å². The van der Waals surface area contributed by atoms with Gasteiger partial charge in [0.1, 0.15) is 16.6 Å². The molecule has 1 amide bonds. The molecule has 1 aromatic heterocycles. The minimum atomic E-state index is -0.396. The third-order valence-corrected chi connectivity index (χ3v) is 4.83. The Balaban J connectivity index is 1.87. The predicted molar refractivity (Wildman–Crippen MR) is 102 cm³/mol. The first-order chi connectivity index (χ1) is 13.1. The molecule has 0 saturated carbocycles. The molecule has 0 aliphatic heterocycles. The van der Waals surface area contributed by atoms with E-state index < -0.39 is 5.82 Å². The van der Waals surface area contributed by atoms with Gasteiger partial charge < -0.3 is 9.47 Å². The Kier molecular flexibility index (Phi) is 6.10. The van der Waals surface area contributed by atoms with Crippen molar-refractivity contribution in [3.63, 3.8) is 0 Å². The zero-order valence-electron chi connectivity index (χ0n) is 14.9. The maximum absolute atomic E-state index is 13.1. The van der Waals surface area contributed by atoms with E-state index in [4.69, 9.17) is 9.47 Å². The van der Waals surface area contributed by atoms with Crippen molar-refractivity contribution < 1.29 is 18.7 Å². The van der Waals surface area contributed by atoms with Crippen LogP contribution in [0.2, 0.25) is 0 Å². The van der Waals surface area contributed by atoms with Gasteiger partial charge in [0.25, 0.3) is 5.91 Å². The molecule has 3 aromatic rings. The number of amides is 1. The highest BCUT2D eigenvalue weighted by Crippen LogP contribution is 2.30. The van der Waals surface area contributed by atoms with E-state index >= 15 is 0 Å². The molecule has 0 radical (unpaired) electrons. The molecule has 0 spiro atoms. The molecule has 0 aliphatic rings. The Morgan fingerprint density at radius 3 is 2.41 bits per heavy atom. The van der Waals surface area contributed by atoms with Crippen molar-refractivity contribution in [2.75, 3.05) is 32.3 Å². The monoisotopic (exact) mass is 387 g/mol. The van der Waals surface area contributed by atoms with E-state index in [1.807, 2.05) is 24.3 Å². The molecule has 3 rings (SSSR count). The maximum atomic E-state index is 13.1. The summed E-state index contributed by atoms with van der Waals surface area (Å²) in [6.45, 7) is 0.647. The van der Waals surface area contributed by atoms with Crippen LogP contribution in [0.1, 0.15) is 10.4 Å². The summed E-state index contributed by atoms with van der Waals surface area (Å²) in [6, 6.07) is 12.8. The first kappa shape index (κ1) is 18.9. The van der Waals surface area contributed by atoms with E-state index in [9.17, 15) is 9.18 Å². The molecule has 8 heteroatoms. The van der Waals surface area contributed by atoms with Crippen LogP contribution in [-0.2, 0) is 4.74 Å². The second-order valence-electron chi connectivity index (χ2n) is 5.57. The average Bonchev–Trinajstić information content (AvgIpc) is 3.18. The van der Waals surface area contributed by atoms with Gasteiger partial charge in [0, 0.05) is 18.2 Å². The van der Waals surface area contributed by atoms with E-state index in [0.29, 0.717) is 28.9 Å². The Labute approximate surface area is 160 Å². The molecule has 0 aliphatic carbocycles. The Morgan fingerprint density at radius 2 is 1.78 bits per heavy atom. The van der Waals surface area contributed by atoms with Gasteiger partial charge in [-0.25, -0.2) is 4.39 Å². The standard InChI is InChI=1S/C19H18FN3O3S/c1-25-12-11-23(18(24)14-3-7-15(20)8-4-14)19-22-21-17(27-19)13-5-9-16(26-2)10-6-13/h3-10H,11-12H2,1-2H3. The van der Waals surface area contributed by atoms with Gasteiger partial charge >= 0.3 is 0 Å². The summed E-state index contributed by atoms with van der Waals surface area (Å²) in [6.07, 6.45) is 0. The van der Waals surface area contributed by atoms with E-state index in [-0.39, 0.29) is 5.91 Å². The molecule has 27 heavy (non-hydrogen) atoms. The summed E-state index contributed by atoms with van der Waals surface area (Å²) in [5.74, 6) is 0.0638. The van der Waals surface area contributed by atoms with Crippen molar-refractivity contribution in [1.82, 2.24) is 10.2 Å².